The van der Waals surface area contributed by atoms with Crippen molar-refractivity contribution in [3.63, 3.8) is 0 Å². The van der Waals surface area contributed by atoms with Crippen LogP contribution in [-0.2, 0) is 17.8 Å². The maximum absolute atomic E-state index is 12.9. The van der Waals surface area contributed by atoms with Crippen LogP contribution in [0.5, 0.6) is 0 Å². The van der Waals surface area contributed by atoms with E-state index in [1.165, 1.54) is 11.1 Å². The van der Waals surface area contributed by atoms with Gasteiger partial charge in [-0.25, -0.2) is 9.97 Å². The first kappa shape index (κ1) is 15.4. The van der Waals surface area contributed by atoms with Crippen LogP contribution in [0.3, 0.4) is 0 Å². The Labute approximate surface area is 146 Å². The van der Waals surface area contributed by atoms with Crippen LogP contribution in [0.15, 0.2) is 36.7 Å². The number of hydrogen-bond donors (Lipinski definition) is 0. The van der Waals surface area contributed by atoms with Crippen LogP contribution in [0.2, 0.25) is 5.02 Å². The molecule has 1 saturated heterocycles. The summed E-state index contributed by atoms with van der Waals surface area (Å²) in [6.07, 6.45) is 4.99. The topological polar surface area (TPSA) is 49.3 Å². The maximum atomic E-state index is 12.9. The lowest BCUT2D eigenvalue weighted by Gasteiger charge is -2.30. The van der Waals surface area contributed by atoms with Crippen LogP contribution in [0, 0.1) is 5.92 Å². The maximum Gasteiger partial charge on any atom is 0.227 e. The minimum Gasteiger partial charge on any atom is -0.340 e. The average Bonchev–Trinajstić information content (AvgIpc) is 3.11. The Kier molecular flexibility index (Phi) is 4.10. The summed E-state index contributed by atoms with van der Waals surface area (Å²) in [5, 5.41) is 0.526. The summed E-state index contributed by atoms with van der Waals surface area (Å²) in [7, 11) is 0. The Bertz CT molecular complexity index is 749. The molecule has 4 rings (SSSR count). The fraction of sp³-hybridized carbons (Fsp3) is 0.389. The first-order valence-electron chi connectivity index (χ1n) is 8.29. The van der Waals surface area contributed by atoms with Gasteiger partial charge in [0.25, 0.3) is 0 Å². The van der Waals surface area contributed by atoms with Gasteiger partial charge < -0.3 is 9.80 Å². The van der Waals surface area contributed by atoms with E-state index in [4.69, 9.17) is 11.6 Å². The van der Waals surface area contributed by atoms with Crippen molar-refractivity contribution in [2.75, 3.05) is 24.5 Å². The molecule has 1 aromatic carbocycles. The summed E-state index contributed by atoms with van der Waals surface area (Å²) < 4.78 is 0. The van der Waals surface area contributed by atoms with Gasteiger partial charge in [0.2, 0.25) is 11.9 Å². The van der Waals surface area contributed by atoms with Gasteiger partial charge in [-0.3, -0.25) is 4.79 Å². The van der Waals surface area contributed by atoms with Gasteiger partial charge in [-0.05, 0) is 24.0 Å². The normalized spacial score (nSPS) is 20.1. The van der Waals surface area contributed by atoms with Crippen LogP contribution >= 0.6 is 11.6 Å². The number of anilines is 1. The Morgan fingerprint density at radius 3 is 2.67 bits per heavy atom. The Hall–Kier alpha value is -2.14. The number of carbonyl (C=O) groups excluding carboxylic acids is 1. The van der Waals surface area contributed by atoms with Crippen LogP contribution in [0.1, 0.15) is 17.5 Å². The standard InChI is InChI=1S/C18H19ClN4O/c19-16-9-20-18(21-10-16)23-8-6-15(12-23)17(24)22-7-5-13-3-1-2-4-14(13)11-22/h1-4,9-10,15H,5-8,11-12H2. The molecule has 2 aliphatic rings. The minimum atomic E-state index is 0.0227. The molecule has 1 aromatic heterocycles. The second-order valence-electron chi connectivity index (χ2n) is 6.41. The second-order valence-corrected chi connectivity index (χ2v) is 6.85. The molecule has 24 heavy (non-hydrogen) atoms. The fourth-order valence-corrected chi connectivity index (χ4v) is 3.65. The third kappa shape index (κ3) is 2.96. The largest absolute Gasteiger partial charge is 0.340 e. The zero-order valence-electron chi connectivity index (χ0n) is 13.4. The van der Waals surface area contributed by atoms with E-state index < -0.39 is 0 Å². The van der Waals surface area contributed by atoms with Crippen molar-refractivity contribution in [1.29, 1.82) is 0 Å². The van der Waals surface area contributed by atoms with Crippen molar-refractivity contribution < 1.29 is 4.79 Å². The quantitative estimate of drug-likeness (QED) is 0.841. The highest BCUT2D eigenvalue weighted by Crippen LogP contribution is 2.26. The van der Waals surface area contributed by atoms with Crippen LogP contribution in [-0.4, -0.2) is 40.4 Å². The lowest BCUT2D eigenvalue weighted by Crippen LogP contribution is -2.40. The summed E-state index contributed by atoms with van der Waals surface area (Å²) in [5.74, 6) is 0.925. The zero-order chi connectivity index (χ0) is 16.5. The number of nitrogens with zero attached hydrogens (tertiary/aromatic N) is 4. The highest BCUT2D eigenvalue weighted by atomic mass is 35.5. The second kappa shape index (κ2) is 6.40. The summed E-state index contributed by atoms with van der Waals surface area (Å²) in [6.45, 7) is 3.02. The highest BCUT2D eigenvalue weighted by Gasteiger charge is 2.33. The summed E-state index contributed by atoms with van der Waals surface area (Å²) >= 11 is 5.84. The van der Waals surface area contributed by atoms with Crippen molar-refractivity contribution in [2.45, 2.75) is 19.4 Å². The Morgan fingerprint density at radius 1 is 1.12 bits per heavy atom. The number of hydrogen-bond acceptors (Lipinski definition) is 4. The van der Waals surface area contributed by atoms with E-state index in [1.54, 1.807) is 12.4 Å². The minimum absolute atomic E-state index is 0.0227. The number of carbonyl (C=O) groups is 1. The van der Waals surface area contributed by atoms with Gasteiger partial charge in [0.15, 0.2) is 0 Å². The fourth-order valence-electron chi connectivity index (χ4n) is 3.55. The Balaban J connectivity index is 1.42. The molecular formula is C18H19ClN4O. The van der Waals surface area contributed by atoms with E-state index in [0.29, 0.717) is 17.5 Å². The first-order chi connectivity index (χ1) is 11.7. The highest BCUT2D eigenvalue weighted by molar-refractivity contribution is 6.30. The first-order valence-corrected chi connectivity index (χ1v) is 8.66. The third-order valence-corrected chi connectivity index (χ3v) is 5.06. The van der Waals surface area contributed by atoms with Crippen LogP contribution in [0.4, 0.5) is 5.95 Å². The SMILES string of the molecule is O=C(C1CCN(c2ncc(Cl)cn2)C1)N1CCc2ccccc2C1. The lowest BCUT2D eigenvalue weighted by atomic mass is 9.98. The molecule has 3 heterocycles. The molecule has 5 nitrogen and oxygen atoms in total. The van der Waals surface area contributed by atoms with Gasteiger partial charge in [0.05, 0.1) is 23.3 Å². The van der Waals surface area contributed by atoms with E-state index in [0.717, 1.165) is 32.5 Å². The molecule has 0 N–H and O–H groups in total. The molecule has 2 aliphatic heterocycles. The van der Waals surface area contributed by atoms with Gasteiger partial charge in [0.1, 0.15) is 0 Å². The number of halogens is 1. The van der Waals surface area contributed by atoms with E-state index in [-0.39, 0.29) is 11.8 Å². The number of amides is 1. The molecule has 1 amide bonds. The van der Waals surface area contributed by atoms with E-state index in [1.807, 2.05) is 11.0 Å². The molecule has 0 saturated carbocycles. The zero-order valence-corrected chi connectivity index (χ0v) is 14.1. The van der Waals surface area contributed by atoms with Crippen molar-refractivity contribution in [3.8, 4) is 0 Å². The molecule has 6 heteroatoms. The van der Waals surface area contributed by atoms with Gasteiger partial charge in [-0.15, -0.1) is 0 Å². The average molecular weight is 343 g/mol. The van der Waals surface area contributed by atoms with Crippen molar-refractivity contribution in [2.24, 2.45) is 5.92 Å². The van der Waals surface area contributed by atoms with Gasteiger partial charge >= 0.3 is 0 Å². The molecular weight excluding hydrogens is 324 g/mol. The number of rotatable bonds is 2. The Morgan fingerprint density at radius 2 is 1.88 bits per heavy atom. The molecule has 1 unspecified atom stereocenters. The van der Waals surface area contributed by atoms with Crippen molar-refractivity contribution >= 4 is 23.5 Å². The lowest BCUT2D eigenvalue weighted by molar-refractivity contribution is -0.135. The van der Waals surface area contributed by atoms with Gasteiger partial charge in [-0.2, -0.15) is 0 Å². The molecule has 1 fully saturated rings. The smallest absolute Gasteiger partial charge is 0.227 e. The van der Waals surface area contributed by atoms with Gasteiger partial charge in [-0.1, -0.05) is 35.9 Å². The number of benzene rings is 1. The molecule has 0 spiro atoms. The molecule has 0 bridgehead atoms. The van der Waals surface area contributed by atoms with E-state index in [9.17, 15) is 4.79 Å². The van der Waals surface area contributed by atoms with Crippen molar-refractivity contribution in [1.82, 2.24) is 14.9 Å². The molecule has 2 aromatic rings. The number of aromatic nitrogens is 2. The summed E-state index contributed by atoms with van der Waals surface area (Å²) in [4.78, 5) is 25.5. The predicted octanol–water partition coefficient (Wildman–Crippen LogP) is 2.54. The molecule has 124 valence electrons. The van der Waals surface area contributed by atoms with Crippen LogP contribution in [0.25, 0.3) is 0 Å². The number of fused-ring (bicyclic) bond motifs is 1. The summed E-state index contributed by atoms with van der Waals surface area (Å²) in [6, 6.07) is 8.39. The summed E-state index contributed by atoms with van der Waals surface area (Å²) in [5.41, 5.74) is 2.64. The predicted molar refractivity (Wildman–Crippen MR) is 92.9 cm³/mol. The monoisotopic (exact) mass is 342 g/mol. The molecule has 0 aliphatic carbocycles. The van der Waals surface area contributed by atoms with Crippen molar-refractivity contribution in [3.05, 3.63) is 52.8 Å². The van der Waals surface area contributed by atoms with E-state index >= 15 is 0 Å². The third-order valence-electron chi connectivity index (χ3n) is 4.87. The van der Waals surface area contributed by atoms with Gasteiger partial charge in [0, 0.05) is 26.2 Å². The van der Waals surface area contributed by atoms with Crippen LogP contribution < -0.4 is 4.90 Å². The molecule has 1 atom stereocenters. The van der Waals surface area contributed by atoms with E-state index in [2.05, 4.69) is 33.1 Å². The molecule has 0 radical (unpaired) electrons.